The van der Waals surface area contributed by atoms with Crippen LogP contribution in [0, 0.1) is 0 Å². The monoisotopic (exact) mass is 521 g/mol. The molecule has 3 aromatic rings. The van der Waals surface area contributed by atoms with Crippen molar-refractivity contribution in [1.29, 1.82) is 0 Å². The molecule has 0 heterocycles. The number of hydrogen-bond donors (Lipinski definition) is 2. The minimum Gasteiger partial charge on any atom is -0.493 e. The van der Waals surface area contributed by atoms with E-state index in [1.807, 2.05) is 24.3 Å². The zero-order valence-corrected chi connectivity index (χ0v) is 21.8. The van der Waals surface area contributed by atoms with Crippen LogP contribution in [0.2, 0.25) is 5.02 Å². The molecule has 2 unspecified atom stereocenters. The van der Waals surface area contributed by atoms with Crippen molar-refractivity contribution < 1.29 is 19.1 Å². The first kappa shape index (κ1) is 26.5. The number of carbonyl (C=O) groups is 2. The molecule has 0 aliphatic heterocycles. The molecule has 0 bridgehead atoms. The lowest BCUT2D eigenvalue weighted by Gasteiger charge is -2.39. The summed E-state index contributed by atoms with van der Waals surface area (Å²) in [5.74, 6) is 0.634. The van der Waals surface area contributed by atoms with E-state index in [4.69, 9.17) is 26.8 Å². The first-order chi connectivity index (χ1) is 17.9. The van der Waals surface area contributed by atoms with Gasteiger partial charge in [0.05, 0.1) is 14.2 Å². The van der Waals surface area contributed by atoms with Gasteiger partial charge in [-0.25, -0.2) is 0 Å². The first-order valence-corrected chi connectivity index (χ1v) is 12.7. The summed E-state index contributed by atoms with van der Waals surface area (Å²) in [5.41, 5.74) is 8.86. The summed E-state index contributed by atoms with van der Waals surface area (Å²) in [6.45, 7) is 0.249. The van der Waals surface area contributed by atoms with Gasteiger partial charge in [-0.1, -0.05) is 42.6 Å². The Morgan fingerprint density at radius 1 is 0.946 bits per heavy atom. The van der Waals surface area contributed by atoms with Crippen molar-refractivity contribution in [3.05, 3.63) is 88.4 Å². The summed E-state index contributed by atoms with van der Waals surface area (Å²) < 4.78 is 10.7. The van der Waals surface area contributed by atoms with Gasteiger partial charge in [0.15, 0.2) is 11.5 Å². The van der Waals surface area contributed by atoms with E-state index in [2.05, 4.69) is 5.32 Å². The van der Waals surface area contributed by atoms with Gasteiger partial charge in [-0.15, -0.1) is 0 Å². The Bertz CT molecular complexity index is 1250. The number of nitrogens with zero attached hydrogens (tertiary/aromatic N) is 1. The van der Waals surface area contributed by atoms with Crippen LogP contribution < -0.4 is 20.5 Å². The molecular formula is C29H32ClN3O4. The van der Waals surface area contributed by atoms with E-state index in [1.165, 1.54) is 7.11 Å². The van der Waals surface area contributed by atoms with Crippen molar-refractivity contribution in [3.63, 3.8) is 0 Å². The zero-order chi connectivity index (χ0) is 26.4. The number of hydrogen-bond acceptors (Lipinski definition) is 5. The molecule has 0 spiro atoms. The predicted molar refractivity (Wildman–Crippen MR) is 145 cm³/mol. The van der Waals surface area contributed by atoms with Crippen LogP contribution in [0.3, 0.4) is 0 Å². The van der Waals surface area contributed by atoms with E-state index >= 15 is 0 Å². The highest BCUT2D eigenvalue weighted by atomic mass is 35.5. The number of methoxy groups -OCH3 is 2. The van der Waals surface area contributed by atoms with Crippen LogP contribution in [-0.4, -0.2) is 43.0 Å². The Labute approximate surface area is 222 Å². The molecular weight excluding hydrogens is 490 g/mol. The first-order valence-electron chi connectivity index (χ1n) is 12.3. The van der Waals surface area contributed by atoms with Gasteiger partial charge >= 0.3 is 0 Å². The topological polar surface area (TPSA) is 93.9 Å². The van der Waals surface area contributed by atoms with Crippen molar-refractivity contribution in [3.8, 4) is 11.5 Å². The van der Waals surface area contributed by atoms with Crippen molar-refractivity contribution in [2.75, 3.05) is 19.5 Å². The van der Waals surface area contributed by atoms with Crippen LogP contribution in [0.25, 0.3) is 0 Å². The molecule has 194 valence electrons. The molecule has 0 radical (unpaired) electrons. The van der Waals surface area contributed by atoms with Crippen molar-refractivity contribution >= 4 is 29.1 Å². The van der Waals surface area contributed by atoms with E-state index in [0.717, 1.165) is 31.2 Å². The molecule has 1 fully saturated rings. The number of rotatable bonds is 8. The number of carbonyl (C=O) groups excluding carboxylic acids is 2. The highest BCUT2D eigenvalue weighted by Gasteiger charge is 2.32. The van der Waals surface area contributed by atoms with Crippen LogP contribution >= 0.6 is 11.6 Å². The smallest absolute Gasteiger partial charge is 0.255 e. The fraction of sp³-hybridized carbons (Fsp3) is 0.310. The maximum atomic E-state index is 13.9. The molecule has 4 rings (SSSR count). The summed E-state index contributed by atoms with van der Waals surface area (Å²) in [6.07, 6.45) is 3.69. The van der Waals surface area contributed by atoms with Crippen LogP contribution in [0.1, 0.15) is 52.0 Å². The highest BCUT2D eigenvalue weighted by molar-refractivity contribution is 6.31. The van der Waals surface area contributed by atoms with Gasteiger partial charge in [0.2, 0.25) is 0 Å². The largest absolute Gasteiger partial charge is 0.493 e. The van der Waals surface area contributed by atoms with Crippen LogP contribution in [0.15, 0.2) is 66.7 Å². The third kappa shape index (κ3) is 6.24. The molecule has 8 heteroatoms. The Morgan fingerprint density at radius 3 is 2.38 bits per heavy atom. The standard InChI is InChI=1S/C29H32ClN3O4/c1-36-26-15-12-20(17-27(26)37-2)29(35)33(25-11-7-6-10-24(25)31)18-21-16-22(13-14-23(21)30)32-28(34)19-8-4-3-5-9-19/h3-5,8-9,12-17,24-25H,6-7,10-11,18,31H2,1-2H3,(H,32,34). The molecule has 1 aliphatic rings. The molecule has 7 nitrogen and oxygen atoms in total. The van der Waals surface area contributed by atoms with Crippen LogP contribution in [0.4, 0.5) is 5.69 Å². The van der Waals surface area contributed by atoms with Crippen LogP contribution in [-0.2, 0) is 6.54 Å². The van der Waals surface area contributed by atoms with Gasteiger partial charge < -0.3 is 25.4 Å². The Kier molecular flexibility index (Phi) is 8.69. The van der Waals surface area contributed by atoms with E-state index in [9.17, 15) is 9.59 Å². The van der Waals surface area contributed by atoms with Gasteiger partial charge in [-0.3, -0.25) is 9.59 Å². The van der Waals surface area contributed by atoms with Gasteiger partial charge in [0.25, 0.3) is 11.8 Å². The number of amides is 2. The average Bonchev–Trinajstić information content (AvgIpc) is 2.93. The van der Waals surface area contributed by atoms with E-state index in [0.29, 0.717) is 33.3 Å². The molecule has 3 aromatic carbocycles. The van der Waals surface area contributed by atoms with Crippen molar-refractivity contribution in [2.24, 2.45) is 5.73 Å². The fourth-order valence-electron chi connectivity index (χ4n) is 4.75. The lowest BCUT2D eigenvalue weighted by atomic mass is 9.89. The zero-order valence-electron chi connectivity index (χ0n) is 21.1. The number of nitrogens with one attached hydrogen (secondary N) is 1. The Morgan fingerprint density at radius 2 is 1.68 bits per heavy atom. The number of ether oxygens (including phenoxy) is 2. The quantitative estimate of drug-likeness (QED) is 0.407. The van der Waals surface area contributed by atoms with Crippen LogP contribution in [0.5, 0.6) is 11.5 Å². The molecule has 3 N–H and O–H groups in total. The fourth-order valence-corrected chi connectivity index (χ4v) is 4.93. The third-order valence-electron chi connectivity index (χ3n) is 6.75. The number of halogens is 1. The van der Waals surface area contributed by atoms with Gasteiger partial charge in [-0.2, -0.15) is 0 Å². The van der Waals surface area contributed by atoms with Gasteiger partial charge in [0.1, 0.15) is 0 Å². The predicted octanol–water partition coefficient (Wildman–Crippen LogP) is 5.52. The van der Waals surface area contributed by atoms with Gasteiger partial charge in [0, 0.05) is 40.5 Å². The second-order valence-corrected chi connectivity index (χ2v) is 9.55. The lowest BCUT2D eigenvalue weighted by molar-refractivity contribution is 0.0583. The minimum absolute atomic E-state index is 0.141. The average molecular weight is 522 g/mol. The molecule has 1 aliphatic carbocycles. The number of nitrogens with two attached hydrogens (primary N) is 1. The van der Waals surface area contributed by atoms with Gasteiger partial charge in [-0.05, 0) is 66.9 Å². The SMILES string of the molecule is COc1ccc(C(=O)N(Cc2cc(NC(=O)c3ccccc3)ccc2Cl)C2CCCCC2N)cc1OC. The Hall–Kier alpha value is -3.55. The van der Waals surface area contributed by atoms with E-state index in [1.54, 1.807) is 54.5 Å². The second kappa shape index (κ2) is 12.1. The normalized spacial score (nSPS) is 17.1. The lowest BCUT2D eigenvalue weighted by Crippen LogP contribution is -2.51. The molecule has 2 atom stereocenters. The van der Waals surface area contributed by atoms with E-state index < -0.39 is 0 Å². The van der Waals surface area contributed by atoms with Crippen molar-refractivity contribution in [2.45, 2.75) is 44.3 Å². The number of anilines is 1. The molecule has 2 amide bonds. The molecule has 0 aromatic heterocycles. The van der Waals surface area contributed by atoms with Crippen molar-refractivity contribution in [1.82, 2.24) is 4.90 Å². The second-order valence-electron chi connectivity index (χ2n) is 9.14. The molecule has 0 saturated heterocycles. The maximum absolute atomic E-state index is 13.9. The number of benzene rings is 3. The highest BCUT2D eigenvalue weighted by Crippen LogP contribution is 2.32. The summed E-state index contributed by atoms with van der Waals surface area (Å²) in [4.78, 5) is 28.4. The summed E-state index contributed by atoms with van der Waals surface area (Å²) >= 11 is 6.59. The minimum atomic E-state index is -0.221. The molecule has 37 heavy (non-hydrogen) atoms. The summed E-state index contributed by atoms with van der Waals surface area (Å²) in [6, 6.07) is 19.1. The summed E-state index contributed by atoms with van der Waals surface area (Å²) in [5, 5.41) is 3.43. The molecule has 1 saturated carbocycles. The Balaban J connectivity index is 1.64. The summed E-state index contributed by atoms with van der Waals surface area (Å²) in [7, 11) is 3.09. The third-order valence-corrected chi connectivity index (χ3v) is 7.12. The van der Waals surface area contributed by atoms with E-state index in [-0.39, 0.29) is 30.4 Å². The maximum Gasteiger partial charge on any atom is 0.255 e.